The zero-order valence-corrected chi connectivity index (χ0v) is 13.5. The van der Waals surface area contributed by atoms with Crippen LogP contribution in [0.25, 0.3) is 11.0 Å². The highest BCUT2D eigenvalue weighted by Crippen LogP contribution is 2.22. The lowest BCUT2D eigenvalue weighted by atomic mass is 10.2. The summed E-state index contributed by atoms with van der Waals surface area (Å²) in [4.78, 5) is 16.6. The van der Waals surface area contributed by atoms with Gasteiger partial charge in [-0.3, -0.25) is 4.40 Å². The van der Waals surface area contributed by atoms with E-state index in [0.717, 1.165) is 10.5 Å². The van der Waals surface area contributed by atoms with Crippen LogP contribution in [-0.2, 0) is 9.53 Å². The number of rotatable bonds is 3. The summed E-state index contributed by atoms with van der Waals surface area (Å²) in [5.74, 6) is 5.23. The number of nitrogens with zero attached hydrogens (tertiary/aromatic N) is 2. The van der Waals surface area contributed by atoms with Crippen molar-refractivity contribution in [1.82, 2.24) is 9.38 Å². The molecule has 0 aliphatic heterocycles. The molecule has 0 N–H and O–H groups in total. The zero-order chi connectivity index (χ0) is 16.1. The third kappa shape index (κ3) is 3.81. The van der Waals surface area contributed by atoms with E-state index in [0.29, 0.717) is 10.8 Å². The highest BCUT2D eigenvalue weighted by molar-refractivity contribution is 7.15. The summed E-state index contributed by atoms with van der Waals surface area (Å²) in [5, 5.41) is 2.25. The number of carbonyl (C=O) groups is 1. The molecule has 0 saturated carbocycles. The van der Waals surface area contributed by atoms with Crippen molar-refractivity contribution in [2.75, 3.05) is 6.61 Å². The van der Waals surface area contributed by atoms with Crippen LogP contribution in [0, 0.1) is 11.8 Å². The summed E-state index contributed by atoms with van der Waals surface area (Å²) < 4.78 is 6.84. The Morgan fingerprint density at radius 3 is 3.04 bits per heavy atom. The number of ether oxygens (including phenoxy) is 1. The maximum Gasteiger partial charge on any atom is 0.331 e. The average molecular weight is 343 g/mol. The molecule has 0 atom stereocenters. The fraction of sp³-hybridized carbons (Fsp3) is 0.0588. The largest absolute Gasteiger partial charge is 0.449 e. The first kappa shape index (κ1) is 15.3. The molecule has 0 aliphatic carbocycles. The van der Waals surface area contributed by atoms with Gasteiger partial charge in [0.1, 0.15) is 0 Å². The molecule has 1 aromatic carbocycles. The van der Waals surface area contributed by atoms with E-state index in [2.05, 4.69) is 16.8 Å². The fourth-order valence-electron chi connectivity index (χ4n) is 1.89. The van der Waals surface area contributed by atoms with E-state index in [1.165, 1.54) is 17.4 Å². The van der Waals surface area contributed by atoms with Gasteiger partial charge >= 0.3 is 5.97 Å². The minimum Gasteiger partial charge on any atom is -0.449 e. The van der Waals surface area contributed by atoms with E-state index in [-0.39, 0.29) is 6.61 Å². The van der Waals surface area contributed by atoms with Gasteiger partial charge in [0.2, 0.25) is 0 Å². The standard InChI is InChI=1S/C17H11ClN2O2S/c18-16-14(20-10-12-23-17(20)19-16)8-9-15(21)22-11-4-7-13-5-2-1-3-6-13/h1-3,5-6,8-10,12H,11H2. The van der Waals surface area contributed by atoms with E-state index in [4.69, 9.17) is 16.3 Å². The van der Waals surface area contributed by atoms with Gasteiger partial charge in [-0.1, -0.05) is 41.6 Å². The lowest BCUT2D eigenvalue weighted by Crippen LogP contribution is -2.00. The number of hydrogen-bond donors (Lipinski definition) is 0. The quantitative estimate of drug-likeness (QED) is 0.414. The summed E-state index contributed by atoms with van der Waals surface area (Å²) >= 11 is 7.51. The summed E-state index contributed by atoms with van der Waals surface area (Å²) in [7, 11) is 0. The van der Waals surface area contributed by atoms with E-state index < -0.39 is 5.97 Å². The summed E-state index contributed by atoms with van der Waals surface area (Å²) in [5.41, 5.74) is 1.53. The number of hydrogen-bond acceptors (Lipinski definition) is 4. The minimum absolute atomic E-state index is 0.0338. The topological polar surface area (TPSA) is 43.6 Å². The fourth-order valence-corrected chi connectivity index (χ4v) is 2.89. The van der Waals surface area contributed by atoms with Gasteiger partial charge in [0.15, 0.2) is 16.7 Å². The summed E-state index contributed by atoms with van der Waals surface area (Å²) in [6.45, 7) is 0.0338. The number of benzene rings is 1. The van der Waals surface area contributed by atoms with Crippen LogP contribution in [0.2, 0.25) is 5.15 Å². The molecule has 0 saturated heterocycles. The molecule has 0 aliphatic rings. The van der Waals surface area contributed by atoms with Gasteiger partial charge in [0.25, 0.3) is 0 Å². The number of fused-ring (bicyclic) bond motifs is 1. The van der Waals surface area contributed by atoms with Gasteiger partial charge in [-0.05, 0) is 18.2 Å². The molecular formula is C17H11ClN2O2S. The molecule has 2 heterocycles. The molecule has 0 spiro atoms. The predicted octanol–water partition coefficient (Wildman–Crippen LogP) is 3.66. The number of esters is 1. The molecule has 0 fully saturated rings. The molecule has 0 radical (unpaired) electrons. The molecule has 3 aromatic rings. The van der Waals surface area contributed by atoms with Crippen LogP contribution in [0.3, 0.4) is 0 Å². The van der Waals surface area contributed by atoms with Crippen molar-refractivity contribution in [2.45, 2.75) is 0 Å². The number of halogens is 1. The molecule has 114 valence electrons. The van der Waals surface area contributed by atoms with Crippen LogP contribution in [-0.4, -0.2) is 22.0 Å². The number of carbonyl (C=O) groups excluding carboxylic acids is 1. The molecule has 23 heavy (non-hydrogen) atoms. The van der Waals surface area contributed by atoms with Gasteiger partial charge < -0.3 is 4.74 Å². The molecule has 4 nitrogen and oxygen atoms in total. The van der Waals surface area contributed by atoms with E-state index >= 15 is 0 Å². The Kier molecular flexibility index (Phi) is 4.77. The van der Waals surface area contributed by atoms with Crippen LogP contribution in [0.15, 0.2) is 48.0 Å². The predicted molar refractivity (Wildman–Crippen MR) is 91.4 cm³/mol. The SMILES string of the molecule is O=C(C=Cc1c(Cl)nc2sccn12)OCC#Cc1ccccc1. The van der Waals surface area contributed by atoms with E-state index in [1.807, 2.05) is 46.3 Å². The van der Waals surface area contributed by atoms with E-state index in [1.54, 1.807) is 6.08 Å². The lowest BCUT2D eigenvalue weighted by molar-refractivity contribution is -0.136. The number of thiazole rings is 1. The van der Waals surface area contributed by atoms with E-state index in [9.17, 15) is 4.79 Å². The maximum atomic E-state index is 11.7. The molecule has 0 unspecified atom stereocenters. The average Bonchev–Trinajstić information content (AvgIpc) is 3.11. The Morgan fingerprint density at radius 1 is 1.39 bits per heavy atom. The Labute approximate surface area is 142 Å². The van der Waals surface area contributed by atoms with Crippen LogP contribution in [0.1, 0.15) is 11.3 Å². The molecule has 6 heteroatoms. The second-order valence-corrected chi connectivity index (χ2v) is 5.68. The normalized spacial score (nSPS) is 10.7. The van der Waals surface area contributed by atoms with Crippen molar-refractivity contribution in [3.63, 3.8) is 0 Å². The number of aromatic nitrogens is 2. The van der Waals surface area contributed by atoms with Crippen LogP contribution < -0.4 is 0 Å². The minimum atomic E-state index is -0.478. The summed E-state index contributed by atoms with van der Waals surface area (Å²) in [6, 6.07) is 9.51. The Morgan fingerprint density at radius 2 is 2.22 bits per heavy atom. The highest BCUT2D eigenvalue weighted by Gasteiger charge is 2.08. The monoisotopic (exact) mass is 342 g/mol. The molecule has 3 rings (SSSR count). The second kappa shape index (κ2) is 7.14. The first-order chi connectivity index (χ1) is 11.2. The van der Waals surface area contributed by atoms with Gasteiger partial charge in [-0.25, -0.2) is 9.78 Å². The van der Waals surface area contributed by atoms with Gasteiger partial charge in [-0.15, -0.1) is 11.3 Å². The molecule has 0 bridgehead atoms. The third-order valence-electron chi connectivity index (χ3n) is 2.92. The van der Waals surface area contributed by atoms with Gasteiger partial charge in [-0.2, -0.15) is 0 Å². The van der Waals surface area contributed by atoms with Crippen molar-refractivity contribution in [3.8, 4) is 11.8 Å². The molecule has 2 aromatic heterocycles. The first-order valence-electron chi connectivity index (χ1n) is 6.74. The zero-order valence-electron chi connectivity index (χ0n) is 11.9. The van der Waals surface area contributed by atoms with Crippen LogP contribution in [0.5, 0.6) is 0 Å². The molecular weight excluding hydrogens is 332 g/mol. The van der Waals surface area contributed by atoms with Crippen LogP contribution in [0.4, 0.5) is 0 Å². The first-order valence-corrected chi connectivity index (χ1v) is 7.99. The van der Waals surface area contributed by atoms with Gasteiger partial charge in [0, 0.05) is 23.2 Å². The maximum absolute atomic E-state index is 11.7. The second-order valence-electron chi connectivity index (χ2n) is 4.45. The summed E-state index contributed by atoms with van der Waals surface area (Å²) in [6.07, 6.45) is 4.74. The highest BCUT2D eigenvalue weighted by atomic mass is 35.5. The van der Waals surface area contributed by atoms with Crippen molar-refractivity contribution >= 4 is 39.9 Å². The third-order valence-corrected chi connectivity index (χ3v) is 3.96. The smallest absolute Gasteiger partial charge is 0.331 e. The Bertz CT molecular complexity index is 916. The number of imidazole rings is 1. The van der Waals surface area contributed by atoms with Crippen molar-refractivity contribution in [1.29, 1.82) is 0 Å². The Hall–Kier alpha value is -2.55. The molecule has 0 amide bonds. The van der Waals surface area contributed by atoms with Gasteiger partial charge in [0.05, 0.1) is 5.69 Å². The van der Waals surface area contributed by atoms with Crippen LogP contribution >= 0.6 is 22.9 Å². The Balaban J connectivity index is 1.58. The van der Waals surface area contributed by atoms with Crippen molar-refractivity contribution in [2.24, 2.45) is 0 Å². The lowest BCUT2D eigenvalue weighted by Gasteiger charge is -1.95. The van der Waals surface area contributed by atoms with Crippen molar-refractivity contribution < 1.29 is 9.53 Å². The van der Waals surface area contributed by atoms with Crippen molar-refractivity contribution in [3.05, 3.63) is 64.4 Å².